The number of pyridine rings is 1. The summed E-state index contributed by atoms with van der Waals surface area (Å²) in [5, 5.41) is 18.5. The van der Waals surface area contributed by atoms with Crippen LogP contribution in [0.2, 0.25) is 0 Å². The smallest absolute Gasteiger partial charge is 0.244 e. The molecule has 0 radical (unpaired) electrons. The largest absolute Gasteiger partial charge is 0.497 e. The minimum absolute atomic E-state index is 0.0604. The number of hydrogen-bond donors (Lipinski definition) is 2. The van der Waals surface area contributed by atoms with Crippen molar-refractivity contribution in [2.75, 3.05) is 7.11 Å². The lowest BCUT2D eigenvalue weighted by Crippen LogP contribution is -2.21. The second-order valence-corrected chi connectivity index (χ2v) is 8.63. The van der Waals surface area contributed by atoms with Crippen molar-refractivity contribution in [2.45, 2.75) is 16.7 Å². The van der Waals surface area contributed by atoms with Crippen molar-refractivity contribution in [2.24, 2.45) is 5.73 Å². The molecule has 5 rings (SSSR count). The van der Waals surface area contributed by atoms with E-state index >= 15 is 0 Å². The summed E-state index contributed by atoms with van der Waals surface area (Å²) in [5.41, 5.74) is 11.0. The third kappa shape index (κ3) is 3.98. The molecule has 0 spiro atoms. The van der Waals surface area contributed by atoms with Crippen molar-refractivity contribution in [1.82, 2.24) is 15.2 Å². The maximum atomic E-state index is 10.1. The van der Waals surface area contributed by atoms with Crippen molar-refractivity contribution in [1.29, 1.82) is 5.26 Å². The number of fused-ring (bicyclic) bond motifs is 1. The van der Waals surface area contributed by atoms with Crippen LogP contribution in [0.15, 0.2) is 89.4 Å². The number of aromatic amines is 1. The Hall–Kier alpha value is -4.22. The van der Waals surface area contributed by atoms with Gasteiger partial charge in [-0.25, -0.2) is 4.98 Å². The number of nitrogens with one attached hydrogen (secondary N) is 1. The Morgan fingerprint density at radius 2 is 1.97 bits per heavy atom. The number of rotatable bonds is 6. The van der Waals surface area contributed by atoms with E-state index in [4.69, 9.17) is 15.2 Å². The fourth-order valence-corrected chi connectivity index (χ4v) is 4.94. The molecule has 0 saturated carbocycles. The van der Waals surface area contributed by atoms with Gasteiger partial charge in [0.25, 0.3) is 0 Å². The van der Waals surface area contributed by atoms with Crippen molar-refractivity contribution in [3.63, 3.8) is 0 Å². The van der Waals surface area contributed by atoms with E-state index in [1.165, 1.54) is 0 Å². The lowest BCUT2D eigenvalue weighted by atomic mass is 9.81. The zero-order valence-electron chi connectivity index (χ0n) is 18.4. The number of allylic oxidation sites excluding steroid dienone is 1. The lowest BCUT2D eigenvalue weighted by Gasteiger charge is -2.26. The van der Waals surface area contributed by atoms with Crippen LogP contribution < -0.4 is 15.2 Å². The fraction of sp³-hybridized carbons (Fsp3) is 0.115. The molecule has 0 aliphatic carbocycles. The van der Waals surface area contributed by atoms with E-state index in [0.717, 1.165) is 38.7 Å². The van der Waals surface area contributed by atoms with Crippen LogP contribution >= 0.6 is 11.8 Å². The zero-order valence-corrected chi connectivity index (χ0v) is 19.2. The van der Waals surface area contributed by atoms with Crippen LogP contribution in [-0.2, 0) is 5.75 Å². The molecule has 0 fully saturated rings. The van der Waals surface area contributed by atoms with Gasteiger partial charge in [-0.3, -0.25) is 5.10 Å². The Kier molecular flexibility index (Phi) is 5.93. The maximum absolute atomic E-state index is 10.1. The highest BCUT2D eigenvalue weighted by Gasteiger charge is 2.36. The molecule has 2 aromatic carbocycles. The number of ether oxygens (including phenoxy) is 2. The van der Waals surface area contributed by atoms with Crippen molar-refractivity contribution >= 4 is 11.8 Å². The molecule has 3 N–H and O–H groups in total. The predicted octanol–water partition coefficient (Wildman–Crippen LogP) is 4.99. The van der Waals surface area contributed by atoms with Gasteiger partial charge in [-0.2, -0.15) is 5.26 Å². The molecule has 4 aromatic rings. The van der Waals surface area contributed by atoms with Crippen molar-refractivity contribution in [3.8, 4) is 29.0 Å². The number of benzene rings is 2. The normalized spacial score (nSPS) is 14.8. The highest BCUT2D eigenvalue weighted by molar-refractivity contribution is 7.98. The van der Waals surface area contributed by atoms with E-state index in [1.54, 1.807) is 25.1 Å². The molecule has 0 amide bonds. The first-order chi connectivity index (χ1) is 16.7. The van der Waals surface area contributed by atoms with Gasteiger partial charge in [-0.15, -0.1) is 16.9 Å². The zero-order chi connectivity index (χ0) is 23.5. The Morgan fingerprint density at radius 1 is 1.15 bits per heavy atom. The number of thioether (sulfide) groups is 1. The second kappa shape index (κ2) is 9.33. The maximum Gasteiger partial charge on any atom is 0.244 e. The average molecular weight is 468 g/mol. The molecule has 0 bridgehead atoms. The van der Waals surface area contributed by atoms with Gasteiger partial charge in [0.1, 0.15) is 17.4 Å². The van der Waals surface area contributed by atoms with E-state index < -0.39 is 5.92 Å². The number of nitriles is 1. The van der Waals surface area contributed by atoms with Crippen LogP contribution in [0, 0.1) is 11.3 Å². The molecular weight excluding hydrogens is 446 g/mol. The molecule has 1 aliphatic rings. The molecule has 1 aliphatic heterocycles. The Balaban J connectivity index is 1.66. The molecule has 3 heterocycles. The van der Waals surface area contributed by atoms with Gasteiger partial charge in [0.2, 0.25) is 11.8 Å². The van der Waals surface area contributed by atoms with E-state index in [2.05, 4.69) is 21.3 Å². The van der Waals surface area contributed by atoms with Gasteiger partial charge in [0.15, 0.2) is 0 Å². The third-order valence-corrected chi connectivity index (χ3v) is 6.67. The first-order valence-corrected chi connectivity index (χ1v) is 11.6. The van der Waals surface area contributed by atoms with Gasteiger partial charge < -0.3 is 15.2 Å². The first-order valence-electron chi connectivity index (χ1n) is 10.6. The third-order valence-electron chi connectivity index (χ3n) is 5.68. The van der Waals surface area contributed by atoms with Crippen molar-refractivity contribution < 1.29 is 9.47 Å². The van der Waals surface area contributed by atoms with Crippen LogP contribution in [0.25, 0.3) is 11.3 Å². The molecule has 1 atom stereocenters. The molecule has 2 aromatic heterocycles. The number of H-pyrrole nitrogens is 1. The molecular formula is C26H21N5O2S. The number of nitrogens with two attached hydrogens (primary N) is 1. The topological polar surface area (TPSA) is 110 Å². The summed E-state index contributed by atoms with van der Waals surface area (Å²) in [6.45, 7) is 0. The van der Waals surface area contributed by atoms with E-state index in [1.807, 2.05) is 66.7 Å². The summed E-state index contributed by atoms with van der Waals surface area (Å²) in [7, 11) is 1.64. The molecule has 34 heavy (non-hydrogen) atoms. The monoisotopic (exact) mass is 467 g/mol. The van der Waals surface area contributed by atoms with Crippen LogP contribution in [0.3, 0.4) is 0 Å². The van der Waals surface area contributed by atoms with Gasteiger partial charge in [-0.05, 0) is 41.0 Å². The van der Waals surface area contributed by atoms with E-state index in [9.17, 15) is 5.26 Å². The van der Waals surface area contributed by atoms with Gasteiger partial charge in [0, 0.05) is 11.9 Å². The highest BCUT2D eigenvalue weighted by Crippen LogP contribution is 2.47. The predicted molar refractivity (Wildman–Crippen MR) is 130 cm³/mol. The number of aromatic nitrogens is 3. The second-order valence-electron chi connectivity index (χ2n) is 7.63. The quantitative estimate of drug-likeness (QED) is 0.384. The number of nitrogens with zero attached hydrogens (tertiary/aromatic N) is 3. The van der Waals surface area contributed by atoms with E-state index in [-0.39, 0.29) is 5.88 Å². The summed E-state index contributed by atoms with van der Waals surface area (Å²) in [5.74, 6) is 1.35. The van der Waals surface area contributed by atoms with Gasteiger partial charge in [-0.1, -0.05) is 42.5 Å². The van der Waals surface area contributed by atoms with Gasteiger partial charge in [0.05, 0.1) is 29.3 Å². The number of methoxy groups -OCH3 is 1. The average Bonchev–Trinajstić information content (AvgIpc) is 3.31. The summed E-state index contributed by atoms with van der Waals surface area (Å²) >= 11 is 1.61. The Labute approximate surface area is 201 Å². The van der Waals surface area contributed by atoms with Crippen molar-refractivity contribution in [3.05, 3.63) is 101 Å². The Morgan fingerprint density at radius 3 is 2.71 bits per heavy atom. The van der Waals surface area contributed by atoms with Crippen LogP contribution in [0.1, 0.15) is 22.6 Å². The molecule has 8 heteroatoms. The Bertz CT molecular complexity index is 1390. The summed E-state index contributed by atoms with van der Waals surface area (Å²) in [4.78, 5) is 4.42. The molecule has 168 valence electrons. The first kappa shape index (κ1) is 21.6. The fourth-order valence-electron chi connectivity index (χ4n) is 4.08. The molecule has 0 saturated heterocycles. The lowest BCUT2D eigenvalue weighted by molar-refractivity contribution is 0.378. The SMILES string of the molecule is COc1ccc([C@@H]2C(C#N)=C(N)Oc3n[nH]c(-c4ccccc4)c32)c(CSc2ccccn2)c1. The van der Waals surface area contributed by atoms with E-state index in [0.29, 0.717) is 17.2 Å². The minimum Gasteiger partial charge on any atom is -0.497 e. The van der Waals surface area contributed by atoms with Gasteiger partial charge >= 0.3 is 0 Å². The minimum atomic E-state index is -0.451. The van der Waals surface area contributed by atoms with Crippen LogP contribution in [0.5, 0.6) is 11.6 Å². The van der Waals surface area contributed by atoms with Crippen LogP contribution in [-0.4, -0.2) is 22.3 Å². The summed E-state index contributed by atoms with van der Waals surface area (Å²) < 4.78 is 11.3. The summed E-state index contributed by atoms with van der Waals surface area (Å²) in [6, 6.07) is 23.8. The standard InChI is InChI=1S/C26H21N5O2S/c1-32-18-10-11-19(17(13-18)15-34-21-9-5-6-12-29-21)22-20(14-27)25(28)33-26-23(22)24(30-31-26)16-7-3-2-4-8-16/h2-13,22H,15,28H2,1H3,(H,30,31)/t22-/m1/s1. The van der Waals surface area contributed by atoms with Crippen LogP contribution in [0.4, 0.5) is 0 Å². The number of hydrogen-bond acceptors (Lipinski definition) is 7. The highest BCUT2D eigenvalue weighted by atomic mass is 32.2. The molecule has 7 nitrogen and oxygen atoms in total. The molecule has 0 unspecified atom stereocenters. The summed E-state index contributed by atoms with van der Waals surface area (Å²) in [6.07, 6.45) is 1.77.